The molecule has 23 heavy (non-hydrogen) atoms. The zero-order valence-electron chi connectivity index (χ0n) is 12.9. The molecule has 2 heterocycles. The molecule has 2 aromatic carbocycles. The van der Waals surface area contributed by atoms with Crippen molar-refractivity contribution in [3.8, 4) is 0 Å². The molecule has 2 aliphatic heterocycles. The minimum absolute atomic E-state index is 0.159. The largest absolute Gasteiger partial charge is 0.324 e. The zero-order valence-corrected chi connectivity index (χ0v) is 13.7. The molecular weight excluding hydrogens is 308 g/mol. The van der Waals surface area contributed by atoms with Gasteiger partial charge in [0, 0.05) is 16.9 Å². The number of carbonyl (C=O) groups is 2. The quantitative estimate of drug-likeness (QED) is 0.820. The Kier molecular flexibility index (Phi) is 3.03. The van der Waals surface area contributed by atoms with E-state index in [9.17, 15) is 9.59 Å². The minimum atomic E-state index is -1.14. The molecule has 0 bridgehead atoms. The Bertz CT molecular complexity index is 849. The summed E-state index contributed by atoms with van der Waals surface area (Å²) in [7, 11) is 0. The number of aryl methyl sites for hydroxylation is 2. The standard InChI is InChI=1S/C18H16N2O2S/c1-11-7-8-13(9-12(11)2)20-10-23-18(17(20)22)14-5-3-4-6-15(14)19-16(18)21/h3-9H,10H2,1-2H3,(H,19,21). The summed E-state index contributed by atoms with van der Waals surface area (Å²) >= 11 is 1.39. The van der Waals surface area contributed by atoms with Crippen LogP contribution in [0.15, 0.2) is 42.5 Å². The number of nitrogens with one attached hydrogen (secondary N) is 1. The summed E-state index contributed by atoms with van der Waals surface area (Å²) < 4.78 is -1.14. The number of hydrogen-bond acceptors (Lipinski definition) is 3. The summed E-state index contributed by atoms with van der Waals surface area (Å²) in [6, 6.07) is 13.4. The summed E-state index contributed by atoms with van der Waals surface area (Å²) in [5.74, 6) is 0.0801. The third-order valence-corrected chi connectivity index (χ3v) is 6.03. The molecule has 4 rings (SSSR count). The van der Waals surface area contributed by atoms with Crippen LogP contribution in [-0.2, 0) is 14.3 Å². The summed E-state index contributed by atoms with van der Waals surface area (Å²) in [5.41, 5.74) is 4.68. The smallest absolute Gasteiger partial charge is 0.258 e. The van der Waals surface area contributed by atoms with E-state index < -0.39 is 4.75 Å². The first-order valence-electron chi connectivity index (χ1n) is 7.48. The van der Waals surface area contributed by atoms with Crippen molar-refractivity contribution in [3.05, 3.63) is 59.2 Å². The molecule has 116 valence electrons. The molecule has 0 saturated carbocycles. The van der Waals surface area contributed by atoms with E-state index in [2.05, 4.69) is 5.32 Å². The number of rotatable bonds is 1. The molecule has 4 nitrogen and oxygen atoms in total. The Hall–Kier alpha value is -2.27. The van der Waals surface area contributed by atoms with Gasteiger partial charge in [-0.3, -0.25) is 9.59 Å². The molecule has 0 aromatic heterocycles. The van der Waals surface area contributed by atoms with Crippen LogP contribution in [0.5, 0.6) is 0 Å². The fourth-order valence-electron chi connectivity index (χ4n) is 3.14. The average Bonchev–Trinajstić information content (AvgIpc) is 3.03. The van der Waals surface area contributed by atoms with E-state index in [0.717, 1.165) is 22.5 Å². The summed E-state index contributed by atoms with van der Waals surface area (Å²) in [6.07, 6.45) is 0. The third kappa shape index (κ3) is 1.86. The molecule has 1 N–H and O–H groups in total. The van der Waals surface area contributed by atoms with Gasteiger partial charge in [0.1, 0.15) is 0 Å². The highest BCUT2D eigenvalue weighted by atomic mass is 32.2. The minimum Gasteiger partial charge on any atom is -0.324 e. The van der Waals surface area contributed by atoms with Crippen LogP contribution in [0.3, 0.4) is 0 Å². The van der Waals surface area contributed by atoms with Gasteiger partial charge < -0.3 is 10.2 Å². The van der Waals surface area contributed by atoms with Gasteiger partial charge in [0.05, 0.1) is 5.88 Å². The number of para-hydroxylation sites is 1. The summed E-state index contributed by atoms with van der Waals surface area (Å²) in [5, 5.41) is 2.85. The van der Waals surface area contributed by atoms with E-state index in [-0.39, 0.29) is 11.8 Å². The van der Waals surface area contributed by atoms with E-state index in [1.165, 1.54) is 17.3 Å². The molecule has 2 aromatic rings. The molecule has 0 aliphatic carbocycles. The molecule has 1 unspecified atom stereocenters. The second-order valence-electron chi connectivity index (χ2n) is 5.96. The van der Waals surface area contributed by atoms with Crippen molar-refractivity contribution in [3.63, 3.8) is 0 Å². The predicted molar refractivity (Wildman–Crippen MR) is 92.6 cm³/mol. The van der Waals surface area contributed by atoms with Crippen molar-refractivity contribution in [2.75, 3.05) is 16.1 Å². The molecule has 1 fully saturated rings. The molecule has 0 radical (unpaired) electrons. The highest BCUT2D eigenvalue weighted by Gasteiger charge is 2.59. The molecular formula is C18H16N2O2S. The van der Waals surface area contributed by atoms with Crippen molar-refractivity contribution in [1.29, 1.82) is 0 Å². The van der Waals surface area contributed by atoms with Gasteiger partial charge >= 0.3 is 0 Å². The Morgan fingerprint density at radius 2 is 1.87 bits per heavy atom. The molecule has 1 atom stereocenters. The van der Waals surface area contributed by atoms with Gasteiger partial charge in [-0.1, -0.05) is 24.3 Å². The fourth-order valence-corrected chi connectivity index (χ4v) is 4.48. The average molecular weight is 324 g/mol. The van der Waals surface area contributed by atoms with Crippen LogP contribution in [0.1, 0.15) is 16.7 Å². The third-order valence-electron chi connectivity index (χ3n) is 4.63. The second-order valence-corrected chi connectivity index (χ2v) is 7.12. The number of nitrogens with zero attached hydrogens (tertiary/aromatic N) is 1. The number of thioether (sulfide) groups is 1. The highest BCUT2D eigenvalue weighted by Crippen LogP contribution is 2.51. The van der Waals surface area contributed by atoms with Crippen molar-refractivity contribution in [2.45, 2.75) is 18.6 Å². The maximum atomic E-state index is 13.1. The van der Waals surface area contributed by atoms with E-state index in [4.69, 9.17) is 0 Å². The van der Waals surface area contributed by atoms with Gasteiger partial charge in [-0.15, -0.1) is 11.8 Å². The number of anilines is 2. The number of amides is 2. The number of hydrogen-bond donors (Lipinski definition) is 1. The lowest BCUT2D eigenvalue weighted by molar-refractivity contribution is -0.127. The highest BCUT2D eigenvalue weighted by molar-refractivity contribution is 8.02. The van der Waals surface area contributed by atoms with Crippen molar-refractivity contribution >= 4 is 35.0 Å². The lowest BCUT2D eigenvalue weighted by Crippen LogP contribution is -2.42. The van der Waals surface area contributed by atoms with Crippen LogP contribution in [0.4, 0.5) is 11.4 Å². The van der Waals surface area contributed by atoms with Crippen LogP contribution in [-0.4, -0.2) is 17.7 Å². The van der Waals surface area contributed by atoms with Crippen LogP contribution < -0.4 is 10.2 Å². The Labute approximate surface area is 138 Å². The Morgan fingerprint density at radius 3 is 2.65 bits per heavy atom. The van der Waals surface area contributed by atoms with Crippen LogP contribution in [0.2, 0.25) is 0 Å². The predicted octanol–water partition coefficient (Wildman–Crippen LogP) is 3.19. The Balaban J connectivity index is 1.78. The SMILES string of the molecule is Cc1ccc(N2CSC3(C(=O)Nc4ccccc43)C2=O)cc1C. The molecule has 2 amide bonds. The summed E-state index contributed by atoms with van der Waals surface area (Å²) in [4.78, 5) is 27.4. The van der Waals surface area contributed by atoms with Crippen molar-refractivity contribution in [1.82, 2.24) is 0 Å². The maximum Gasteiger partial charge on any atom is 0.258 e. The van der Waals surface area contributed by atoms with Gasteiger partial charge in [0.2, 0.25) is 4.75 Å². The van der Waals surface area contributed by atoms with Gasteiger partial charge in [0.15, 0.2) is 0 Å². The van der Waals surface area contributed by atoms with Crippen LogP contribution >= 0.6 is 11.8 Å². The molecule has 1 spiro atoms. The van der Waals surface area contributed by atoms with Gasteiger partial charge in [-0.05, 0) is 43.2 Å². The van der Waals surface area contributed by atoms with Gasteiger partial charge in [0.25, 0.3) is 11.8 Å². The van der Waals surface area contributed by atoms with E-state index in [1.807, 2.05) is 56.3 Å². The lowest BCUT2D eigenvalue weighted by Gasteiger charge is -2.21. The number of benzene rings is 2. The van der Waals surface area contributed by atoms with E-state index in [1.54, 1.807) is 4.90 Å². The number of carbonyl (C=O) groups excluding carboxylic acids is 2. The van der Waals surface area contributed by atoms with Crippen molar-refractivity contribution < 1.29 is 9.59 Å². The molecule has 1 saturated heterocycles. The van der Waals surface area contributed by atoms with Crippen LogP contribution in [0, 0.1) is 13.8 Å². The van der Waals surface area contributed by atoms with Crippen LogP contribution in [0.25, 0.3) is 0 Å². The maximum absolute atomic E-state index is 13.1. The molecule has 2 aliphatic rings. The normalized spacial score (nSPS) is 22.6. The van der Waals surface area contributed by atoms with Gasteiger partial charge in [-0.25, -0.2) is 0 Å². The van der Waals surface area contributed by atoms with E-state index >= 15 is 0 Å². The summed E-state index contributed by atoms with van der Waals surface area (Å²) in [6.45, 7) is 4.07. The van der Waals surface area contributed by atoms with Gasteiger partial charge in [-0.2, -0.15) is 0 Å². The molecule has 5 heteroatoms. The zero-order chi connectivity index (χ0) is 16.2. The van der Waals surface area contributed by atoms with Crippen molar-refractivity contribution in [2.24, 2.45) is 0 Å². The first-order chi connectivity index (χ1) is 11.0. The Morgan fingerprint density at radius 1 is 1.09 bits per heavy atom. The number of fused-ring (bicyclic) bond motifs is 2. The van der Waals surface area contributed by atoms with E-state index in [0.29, 0.717) is 5.88 Å². The second kappa shape index (κ2) is 4.86. The first kappa shape index (κ1) is 14.3. The monoisotopic (exact) mass is 324 g/mol. The topological polar surface area (TPSA) is 49.4 Å². The first-order valence-corrected chi connectivity index (χ1v) is 8.47. The lowest BCUT2D eigenvalue weighted by atomic mass is 9.98. The fraction of sp³-hybridized carbons (Fsp3) is 0.222.